The van der Waals surface area contributed by atoms with Crippen molar-refractivity contribution in [1.82, 2.24) is 0 Å². The van der Waals surface area contributed by atoms with Gasteiger partial charge in [0, 0.05) is 10.9 Å². The Kier molecular flexibility index (Phi) is 1.91. The molecule has 0 spiro atoms. The van der Waals surface area contributed by atoms with Crippen molar-refractivity contribution < 1.29 is 0 Å². The number of nitrogens with two attached hydrogens (primary N) is 1. The summed E-state index contributed by atoms with van der Waals surface area (Å²) in [6, 6.07) is 2.12. The first-order chi connectivity index (χ1) is 5.29. The van der Waals surface area contributed by atoms with Gasteiger partial charge >= 0.3 is 0 Å². The molecular formula is C8H10ClNS. The third kappa shape index (κ3) is 1.43. The minimum absolute atomic E-state index is 0.197. The molecule has 1 atom stereocenters. The summed E-state index contributed by atoms with van der Waals surface area (Å²) >= 11 is 7.61. The van der Waals surface area contributed by atoms with Crippen LogP contribution in [-0.4, -0.2) is 0 Å². The molecule has 0 radical (unpaired) electrons. The lowest BCUT2D eigenvalue weighted by atomic mass is 10.2. The summed E-state index contributed by atoms with van der Waals surface area (Å²) in [5, 5.41) is 2.84. The molecular weight excluding hydrogens is 178 g/mol. The molecule has 1 fully saturated rings. The SMILES string of the molecule is N[C@H](c1sccc1Cl)C1CC1. The van der Waals surface area contributed by atoms with E-state index in [9.17, 15) is 0 Å². The molecule has 2 N–H and O–H groups in total. The zero-order chi connectivity index (χ0) is 7.84. The van der Waals surface area contributed by atoms with E-state index in [2.05, 4.69) is 0 Å². The van der Waals surface area contributed by atoms with Gasteiger partial charge in [-0.2, -0.15) is 0 Å². The molecule has 0 amide bonds. The van der Waals surface area contributed by atoms with Gasteiger partial charge in [0.2, 0.25) is 0 Å². The quantitative estimate of drug-likeness (QED) is 0.757. The van der Waals surface area contributed by atoms with Crippen molar-refractivity contribution in [3.8, 4) is 0 Å². The fourth-order valence-electron chi connectivity index (χ4n) is 1.21. The topological polar surface area (TPSA) is 26.0 Å². The van der Waals surface area contributed by atoms with E-state index in [1.807, 2.05) is 11.4 Å². The van der Waals surface area contributed by atoms with Gasteiger partial charge in [0.05, 0.1) is 5.02 Å². The number of hydrogen-bond donors (Lipinski definition) is 1. The van der Waals surface area contributed by atoms with E-state index in [-0.39, 0.29) is 6.04 Å². The van der Waals surface area contributed by atoms with Gasteiger partial charge < -0.3 is 5.73 Å². The number of hydrogen-bond acceptors (Lipinski definition) is 2. The maximum Gasteiger partial charge on any atom is 0.0561 e. The maximum absolute atomic E-state index is 5.97. The molecule has 0 bridgehead atoms. The van der Waals surface area contributed by atoms with Crippen molar-refractivity contribution in [1.29, 1.82) is 0 Å². The van der Waals surface area contributed by atoms with E-state index in [1.54, 1.807) is 11.3 Å². The fraction of sp³-hybridized carbons (Fsp3) is 0.500. The second kappa shape index (κ2) is 2.77. The second-order valence-electron chi connectivity index (χ2n) is 3.00. The third-order valence-corrected chi connectivity index (χ3v) is 3.54. The van der Waals surface area contributed by atoms with Crippen LogP contribution in [0.2, 0.25) is 5.02 Å². The summed E-state index contributed by atoms with van der Waals surface area (Å²) in [5.74, 6) is 0.700. The Hall–Kier alpha value is -0.0500. The molecule has 1 nitrogen and oxygen atoms in total. The minimum Gasteiger partial charge on any atom is -0.323 e. The van der Waals surface area contributed by atoms with Crippen LogP contribution in [-0.2, 0) is 0 Å². The average Bonchev–Trinajstić information content (AvgIpc) is 2.74. The molecule has 0 aromatic carbocycles. The summed E-state index contributed by atoms with van der Waals surface area (Å²) in [7, 11) is 0. The molecule has 60 valence electrons. The predicted octanol–water partition coefficient (Wildman–Crippen LogP) is 2.81. The monoisotopic (exact) mass is 187 g/mol. The largest absolute Gasteiger partial charge is 0.323 e. The molecule has 1 aliphatic rings. The summed E-state index contributed by atoms with van der Waals surface area (Å²) in [6.45, 7) is 0. The number of halogens is 1. The summed E-state index contributed by atoms with van der Waals surface area (Å²) in [4.78, 5) is 1.16. The molecule has 0 aliphatic heterocycles. The van der Waals surface area contributed by atoms with E-state index in [4.69, 9.17) is 17.3 Å². The van der Waals surface area contributed by atoms with Crippen LogP contribution < -0.4 is 5.73 Å². The average molecular weight is 188 g/mol. The Labute approximate surface area is 75.2 Å². The lowest BCUT2D eigenvalue weighted by Gasteiger charge is -2.07. The van der Waals surface area contributed by atoms with E-state index < -0.39 is 0 Å². The molecule has 3 heteroatoms. The Morgan fingerprint density at radius 2 is 2.36 bits per heavy atom. The van der Waals surface area contributed by atoms with Gasteiger partial charge in [-0.3, -0.25) is 0 Å². The lowest BCUT2D eigenvalue weighted by Crippen LogP contribution is -2.10. The zero-order valence-corrected chi connectivity index (χ0v) is 7.66. The zero-order valence-electron chi connectivity index (χ0n) is 6.09. The smallest absolute Gasteiger partial charge is 0.0561 e. The van der Waals surface area contributed by atoms with Crippen molar-refractivity contribution in [2.24, 2.45) is 11.7 Å². The van der Waals surface area contributed by atoms with Crippen LogP contribution in [0.15, 0.2) is 11.4 Å². The van der Waals surface area contributed by atoms with Gasteiger partial charge in [0.15, 0.2) is 0 Å². The van der Waals surface area contributed by atoms with Crippen molar-refractivity contribution >= 4 is 22.9 Å². The summed E-state index contributed by atoms with van der Waals surface area (Å²) in [5.41, 5.74) is 5.97. The van der Waals surface area contributed by atoms with Gasteiger partial charge in [-0.25, -0.2) is 0 Å². The minimum atomic E-state index is 0.197. The molecule has 1 aliphatic carbocycles. The van der Waals surface area contributed by atoms with Gasteiger partial charge in [-0.1, -0.05) is 11.6 Å². The van der Waals surface area contributed by atoms with Crippen LogP contribution in [0.5, 0.6) is 0 Å². The molecule has 1 aromatic heterocycles. The van der Waals surface area contributed by atoms with Crippen LogP contribution >= 0.6 is 22.9 Å². The van der Waals surface area contributed by atoms with Crippen LogP contribution in [0.3, 0.4) is 0 Å². The van der Waals surface area contributed by atoms with Crippen LogP contribution in [0.25, 0.3) is 0 Å². The molecule has 1 aromatic rings. The molecule has 11 heavy (non-hydrogen) atoms. The molecule has 1 heterocycles. The van der Waals surface area contributed by atoms with Gasteiger partial charge in [-0.15, -0.1) is 11.3 Å². The van der Waals surface area contributed by atoms with Crippen LogP contribution in [0.4, 0.5) is 0 Å². The van der Waals surface area contributed by atoms with E-state index in [1.165, 1.54) is 12.8 Å². The normalized spacial score (nSPS) is 20.2. The Bertz CT molecular complexity index is 254. The van der Waals surface area contributed by atoms with E-state index >= 15 is 0 Å². The molecule has 0 saturated heterocycles. The first-order valence-electron chi connectivity index (χ1n) is 3.77. The summed E-state index contributed by atoms with van der Waals surface area (Å²) in [6.07, 6.45) is 2.55. The van der Waals surface area contributed by atoms with E-state index in [0.717, 1.165) is 9.90 Å². The standard InChI is InChI=1S/C8H10ClNS/c9-6-3-4-11-8(6)7(10)5-1-2-5/h3-5,7H,1-2,10H2/t7-/m0/s1. The van der Waals surface area contributed by atoms with E-state index in [0.29, 0.717) is 5.92 Å². The Morgan fingerprint density at radius 3 is 2.82 bits per heavy atom. The van der Waals surface area contributed by atoms with Gasteiger partial charge in [0.1, 0.15) is 0 Å². The van der Waals surface area contributed by atoms with Crippen molar-refractivity contribution in [3.05, 3.63) is 21.3 Å². The van der Waals surface area contributed by atoms with Crippen molar-refractivity contribution in [3.63, 3.8) is 0 Å². The lowest BCUT2D eigenvalue weighted by molar-refractivity contribution is 0.645. The Morgan fingerprint density at radius 1 is 1.64 bits per heavy atom. The fourth-order valence-corrected chi connectivity index (χ4v) is 2.49. The van der Waals surface area contributed by atoms with Gasteiger partial charge in [0.25, 0.3) is 0 Å². The number of rotatable bonds is 2. The molecule has 1 saturated carbocycles. The highest BCUT2D eigenvalue weighted by atomic mass is 35.5. The predicted molar refractivity (Wildman–Crippen MR) is 49.0 cm³/mol. The second-order valence-corrected chi connectivity index (χ2v) is 4.35. The maximum atomic E-state index is 5.97. The number of thiophene rings is 1. The highest BCUT2D eigenvalue weighted by Crippen LogP contribution is 2.43. The summed E-state index contributed by atoms with van der Waals surface area (Å²) < 4.78 is 0. The van der Waals surface area contributed by atoms with Crippen LogP contribution in [0, 0.1) is 5.92 Å². The van der Waals surface area contributed by atoms with Gasteiger partial charge in [-0.05, 0) is 30.2 Å². The Balaban J connectivity index is 2.20. The van der Waals surface area contributed by atoms with Crippen molar-refractivity contribution in [2.45, 2.75) is 18.9 Å². The van der Waals surface area contributed by atoms with Crippen molar-refractivity contribution in [2.75, 3.05) is 0 Å². The molecule has 2 rings (SSSR count). The van der Waals surface area contributed by atoms with Crippen LogP contribution in [0.1, 0.15) is 23.8 Å². The third-order valence-electron chi connectivity index (χ3n) is 2.08. The highest BCUT2D eigenvalue weighted by Gasteiger charge is 2.31. The molecule has 0 unspecified atom stereocenters. The first-order valence-corrected chi connectivity index (χ1v) is 5.03. The highest BCUT2D eigenvalue weighted by molar-refractivity contribution is 7.10. The first kappa shape index (κ1) is 7.59.